The Hall–Kier alpha value is -2.11. The quantitative estimate of drug-likeness (QED) is 0.924. The number of nitrogens with zero attached hydrogens (tertiary/aromatic N) is 1. The van der Waals surface area contributed by atoms with Crippen molar-refractivity contribution in [3.8, 4) is 5.75 Å². The fourth-order valence-electron chi connectivity index (χ4n) is 3.88. The molecule has 1 aliphatic carbocycles. The highest BCUT2D eigenvalue weighted by molar-refractivity contribution is 5.87. The van der Waals surface area contributed by atoms with Crippen molar-refractivity contribution < 1.29 is 23.8 Å². The second kappa shape index (κ2) is 6.18. The van der Waals surface area contributed by atoms with Crippen LogP contribution < -0.4 is 4.74 Å². The van der Waals surface area contributed by atoms with E-state index in [-0.39, 0.29) is 23.5 Å². The lowest BCUT2D eigenvalue weighted by Crippen LogP contribution is -2.48. The Labute approximate surface area is 134 Å². The Morgan fingerprint density at radius 2 is 2.17 bits per heavy atom. The minimum absolute atomic E-state index is 0.0396. The number of hydrogen-bond acceptors (Lipinski definition) is 3. The lowest BCUT2D eigenvalue weighted by atomic mass is 9.94. The number of fused-ring (bicyclic) bond motifs is 1. The van der Waals surface area contributed by atoms with Crippen molar-refractivity contribution in [1.82, 2.24) is 4.90 Å². The summed E-state index contributed by atoms with van der Waals surface area (Å²) in [5, 5.41) is 9.50. The molecule has 23 heavy (non-hydrogen) atoms. The van der Waals surface area contributed by atoms with Gasteiger partial charge in [-0.1, -0.05) is 12.5 Å². The van der Waals surface area contributed by atoms with Crippen LogP contribution in [0.3, 0.4) is 0 Å². The zero-order valence-electron chi connectivity index (χ0n) is 12.9. The summed E-state index contributed by atoms with van der Waals surface area (Å²) in [4.78, 5) is 25.7. The number of carboxylic acid groups (broad SMARTS) is 1. The van der Waals surface area contributed by atoms with Crippen LogP contribution in [0.2, 0.25) is 0 Å². The third kappa shape index (κ3) is 3.02. The molecule has 1 N–H and O–H groups in total. The first-order chi connectivity index (χ1) is 11.0. The molecule has 5 nitrogen and oxygen atoms in total. The van der Waals surface area contributed by atoms with Gasteiger partial charge in [-0.25, -0.2) is 9.18 Å². The molecule has 0 spiro atoms. The van der Waals surface area contributed by atoms with Crippen molar-refractivity contribution in [3.05, 3.63) is 30.1 Å². The van der Waals surface area contributed by atoms with E-state index in [2.05, 4.69) is 0 Å². The molecule has 0 bridgehead atoms. The molecule has 1 aliphatic heterocycles. The molecule has 1 amide bonds. The van der Waals surface area contributed by atoms with Crippen molar-refractivity contribution in [3.63, 3.8) is 0 Å². The SMILES string of the molecule is C[C@H](Oc1cccc(F)c1)C(=O)N1C[C@@H]2CCC[C@@H]2[C@H]1C(=O)O. The van der Waals surface area contributed by atoms with Crippen LogP contribution in [0.25, 0.3) is 0 Å². The number of aliphatic carboxylic acids is 1. The van der Waals surface area contributed by atoms with Crippen LogP contribution in [-0.2, 0) is 9.59 Å². The molecule has 0 radical (unpaired) electrons. The molecule has 1 saturated carbocycles. The molecule has 124 valence electrons. The van der Waals surface area contributed by atoms with Gasteiger partial charge in [0.15, 0.2) is 6.10 Å². The van der Waals surface area contributed by atoms with Crippen LogP contribution in [0.15, 0.2) is 24.3 Å². The fourth-order valence-corrected chi connectivity index (χ4v) is 3.88. The third-order valence-corrected chi connectivity index (χ3v) is 4.88. The summed E-state index contributed by atoms with van der Waals surface area (Å²) in [5.74, 6) is -1.18. The van der Waals surface area contributed by atoms with Crippen molar-refractivity contribution in [2.45, 2.75) is 38.3 Å². The Balaban J connectivity index is 1.72. The summed E-state index contributed by atoms with van der Waals surface area (Å²) in [5.41, 5.74) is 0. The molecule has 2 aliphatic rings. The van der Waals surface area contributed by atoms with E-state index in [1.165, 1.54) is 23.1 Å². The lowest BCUT2D eigenvalue weighted by Gasteiger charge is -2.27. The van der Waals surface area contributed by atoms with E-state index in [0.717, 1.165) is 19.3 Å². The van der Waals surface area contributed by atoms with Gasteiger partial charge in [-0.2, -0.15) is 0 Å². The number of hydrogen-bond donors (Lipinski definition) is 1. The molecule has 1 aromatic carbocycles. The maximum atomic E-state index is 13.2. The first-order valence-electron chi connectivity index (χ1n) is 7.93. The van der Waals surface area contributed by atoms with E-state index in [1.54, 1.807) is 13.0 Å². The van der Waals surface area contributed by atoms with Crippen LogP contribution in [0.5, 0.6) is 5.75 Å². The molecular weight excluding hydrogens is 301 g/mol. The van der Waals surface area contributed by atoms with E-state index in [4.69, 9.17) is 4.74 Å². The smallest absolute Gasteiger partial charge is 0.326 e. The topological polar surface area (TPSA) is 66.8 Å². The summed E-state index contributed by atoms with van der Waals surface area (Å²) in [6.45, 7) is 2.04. The monoisotopic (exact) mass is 321 g/mol. The number of ether oxygens (including phenoxy) is 1. The van der Waals surface area contributed by atoms with Crippen molar-refractivity contribution in [1.29, 1.82) is 0 Å². The molecule has 1 aromatic rings. The maximum absolute atomic E-state index is 13.2. The molecule has 6 heteroatoms. The van der Waals surface area contributed by atoms with Gasteiger partial charge in [0, 0.05) is 12.6 Å². The van der Waals surface area contributed by atoms with Gasteiger partial charge >= 0.3 is 5.97 Å². The standard InChI is InChI=1S/C17H20FNO4/c1-10(23-13-6-3-5-12(18)8-13)16(20)19-9-11-4-2-7-14(11)15(19)17(21)22/h3,5-6,8,10-11,14-15H,2,4,7,9H2,1H3,(H,21,22)/t10-,11-,14-,15-/m0/s1. The average Bonchev–Trinajstić information content (AvgIpc) is 3.06. The minimum atomic E-state index is -0.953. The van der Waals surface area contributed by atoms with Gasteiger partial charge < -0.3 is 14.7 Å². The van der Waals surface area contributed by atoms with E-state index in [1.807, 2.05) is 0 Å². The average molecular weight is 321 g/mol. The number of benzene rings is 1. The first-order valence-corrected chi connectivity index (χ1v) is 7.93. The highest BCUT2D eigenvalue weighted by Crippen LogP contribution is 2.42. The van der Waals surface area contributed by atoms with Crippen LogP contribution in [0.4, 0.5) is 4.39 Å². The Bertz CT molecular complexity index is 620. The number of halogens is 1. The fraction of sp³-hybridized carbons (Fsp3) is 0.529. The summed E-state index contributed by atoms with van der Waals surface area (Å²) < 4.78 is 18.7. The molecule has 3 rings (SSSR count). The number of likely N-dealkylation sites (tertiary alicyclic amines) is 1. The van der Waals surface area contributed by atoms with Gasteiger partial charge in [-0.3, -0.25) is 4.79 Å². The first kappa shape index (κ1) is 15.8. The molecule has 4 atom stereocenters. The molecular formula is C17H20FNO4. The lowest BCUT2D eigenvalue weighted by molar-refractivity contribution is -0.152. The van der Waals surface area contributed by atoms with E-state index < -0.39 is 23.9 Å². The number of carbonyl (C=O) groups excluding carboxylic acids is 1. The third-order valence-electron chi connectivity index (χ3n) is 4.88. The summed E-state index contributed by atoms with van der Waals surface area (Å²) >= 11 is 0. The second-order valence-electron chi connectivity index (χ2n) is 6.35. The Morgan fingerprint density at radius 3 is 2.87 bits per heavy atom. The zero-order chi connectivity index (χ0) is 16.6. The number of rotatable bonds is 4. The van der Waals surface area contributed by atoms with Crippen LogP contribution in [0, 0.1) is 17.7 Å². The molecule has 0 unspecified atom stereocenters. The van der Waals surface area contributed by atoms with Gasteiger partial charge in [0.1, 0.15) is 17.6 Å². The van der Waals surface area contributed by atoms with E-state index >= 15 is 0 Å². The Kier molecular flexibility index (Phi) is 4.24. The van der Waals surface area contributed by atoms with Gasteiger partial charge in [-0.15, -0.1) is 0 Å². The van der Waals surface area contributed by atoms with Crippen molar-refractivity contribution >= 4 is 11.9 Å². The predicted molar refractivity (Wildman–Crippen MR) is 80.5 cm³/mol. The highest BCUT2D eigenvalue weighted by Gasteiger charge is 2.50. The van der Waals surface area contributed by atoms with Gasteiger partial charge in [0.05, 0.1) is 0 Å². The Morgan fingerprint density at radius 1 is 1.39 bits per heavy atom. The van der Waals surface area contributed by atoms with E-state index in [0.29, 0.717) is 6.54 Å². The molecule has 1 saturated heterocycles. The second-order valence-corrected chi connectivity index (χ2v) is 6.35. The molecule has 2 fully saturated rings. The highest BCUT2D eigenvalue weighted by atomic mass is 19.1. The van der Waals surface area contributed by atoms with Crippen LogP contribution >= 0.6 is 0 Å². The summed E-state index contributed by atoms with van der Waals surface area (Å²) in [6.07, 6.45) is 2.00. The van der Waals surface area contributed by atoms with E-state index in [9.17, 15) is 19.1 Å². The van der Waals surface area contributed by atoms with Gasteiger partial charge in [0.2, 0.25) is 0 Å². The van der Waals surface area contributed by atoms with Crippen molar-refractivity contribution in [2.75, 3.05) is 6.54 Å². The number of carboxylic acids is 1. The predicted octanol–water partition coefficient (Wildman–Crippen LogP) is 2.30. The summed E-state index contributed by atoms with van der Waals surface area (Å²) in [6, 6.07) is 4.80. The van der Waals surface area contributed by atoms with Crippen molar-refractivity contribution in [2.24, 2.45) is 11.8 Å². The number of carbonyl (C=O) groups is 2. The van der Waals surface area contributed by atoms with Crippen LogP contribution in [-0.4, -0.2) is 40.6 Å². The minimum Gasteiger partial charge on any atom is -0.481 e. The number of amides is 1. The maximum Gasteiger partial charge on any atom is 0.326 e. The van der Waals surface area contributed by atoms with Gasteiger partial charge in [0.25, 0.3) is 5.91 Å². The normalized spacial score (nSPS) is 27.6. The largest absolute Gasteiger partial charge is 0.481 e. The van der Waals surface area contributed by atoms with Crippen LogP contribution in [0.1, 0.15) is 26.2 Å². The molecule has 1 heterocycles. The molecule has 0 aromatic heterocycles. The summed E-state index contributed by atoms with van der Waals surface area (Å²) in [7, 11) is 0. The van der Waals surface area contributed by atoms with Gasteiger partial charge in [-0.05, 0) is 43.7 Å². The zero-order valence-corrected chi connectivity index (χ0v) is 12.9.